The van der Waals surface area contributed by atoms with Crippen LogP contribution in [0, 0.1) is 0 Å². The van der Waals surface area contributed by atoms with Crippen LogP contribution in [0.15, 0.2) is 24.3 Å². The number of hydrogen-bond acceptors (Lipinski definition) is 9. The van der Waals surface area contributed by atoms with E-state index in [0.29, 0.717) is 29.9 Å². The van der Waals surface area contributed by atoms with Crippen molar-refractivity contribution in [2.45, 2.75) is 77.6 Å². The fraction of sp³-hybridized carbons (Fsp3) is 0.548. The molecule has 1 saturated heterocycles. The van der Waals surface area contributed by atoms with Gasteiger partial charge in [0.1, 0.15) is 28.5 Å². The normalized spacial score (nSPS) is 16.4. The van der Waals surface area contributed by atoms with Crippen molar-refractivity contribution in [3.05, 3.63) is 41.1 Å². The van der Waals surface area contributed by atoms with Crippen LogP contribution in [-0.2, 0) is 17.8 Å². The van der Waals surface area contributed by atoms with E-state index in [2.05, 4.69) is 27.9 Å². The van der Waals surface area contributed by atoms with Gasteiger partial charge in [0.05, 0.1) is 31.2 Å². The van der Waals surface area contributed by atoms with Gasteiger partial charge >= 0.3 is 12.1 Å². The number of primary amides is 1. The Kier molecular flexibility index (Phi) is 8.42. The maximum Gasteiger partial charge on any atom is 0.410 e. The van der Waals surface area contributed by atoms with Gasteiger partial charge in [0, 0.05) is 31.7 Å². The summed E-state index contributed by atoms with van der Waals surface area (Å²) in [5.41, 5.74) is 14.0. The van der Waals surface area contributed by atoms with Gasteiger partial charge in [-0.1, -0.05) is 25.5 Å². The Morgan fingerprint density at radius 2 is 1.86 bits per heavy atom. The Balaban J connectivity index is 1.34. The van der Waals surface area contributed by atoms with Crippen LogP contribution < -0.4 is 20.9 Å². The number of hydrogen-bond donors (Lipinski definition) is 2. The molecule has 0 radical (unpaired) electrons. The topological polar surface area (TPSA) is 151 Å². The Morgan fingerprint density at radius 3 is 2.51 bits per heavy atom. The van der Waals surface area contributed by atoms with E-state index in [9.17, 15) is 9.59 Å². The van der Waals surface area contributed by atoms with Crippen LogP contribution in [0.3, 0.4) is 0 Å². The molecule has 3 heterocycles. The van der Waals surface area contributed by atoms with Crippen molar-refractivity contribution in [3.63, 3.8) is 0 Å². The van der Waals surface area contributed by atoms with Crippen molar-refractivity contribution in [1.29, 1.82) is 0 Å². The summed E-state index contributed by atoms with van der Waals surface area (Å²) in [6, 6.07) is 7.87. The minimum Gasteiger partial charge on any atom is -0.496 e. The van der Waals surface area contributed by atoms with Crippen LogP contribution >= 0.6 is 0 Å². The molecule has 2 aliphatic rings. The van der Waals surface area contributed by atoms with Gasteiger partial charge in [-0.25, -0.2) is 4.79 Å². The molecule has 2 aromatic heterocycles. The van der Waals surface area contributed by atoms with Crippen LogP contribution in [0.5, 0.6) is 11.8 Å². The molecule has 1 aliphatic heterocycles. The monoisotopic (exact) mass is 593 g/mol. The van der Waals surface area contributed by atoms with Crippen molar-refractivity contribution in [2.24, 2.45) is 5.73 Å². The first-order valence-electron chi connectivity index (χ1n) is 14.9. The molecule has 2 amide bonds. The summed E-state index contributed by atoms with van der Waals surface area (Å²) in [7, 11) is 1.63. The van der Waals surface area contributed by atoms with E-state index in [0.717, 1.165) is 56.4 Å². The second-order valence-electron chi connectivity index (χ2n) is 12.5. The lowest BCUT2D eigenvalue weighted by Gasteiger charge is -2.42. The predicted octanol–water partition coefficient (Wildman–Crippen LogP) is 3.93. The average Bonchev–Trinajstić information content (AvgIpc) is 3.58. The molecule has 1 spiro atoms. The van der Waals surface area contributed by atoms with E-state index < -0.39 is 11.5 Å². The molecule has 12 heteroatoms. The molecule has 3 aromatic rings. The second kappa shape index (κ2) is 11.9. The highest BCUT2D eigenvalue weighted by Crippen LogP contribution is 2.45. The molecule has 4 N–H and O–H groups in total. The van der Waals surface area contributed by atoms with Crippen LogP contribution in [-0.4, -0.2) is 80.8 Å². The number of rotatable bonds is 10. The third kappa shape index (κ3) is 6.64. The number of ether oxygens (including phenoxy) is 3. The lowest BCUT2D eigenvalue weighted by Crippen LogP contribution is -2.57. The first kappa shape index (κ1) is 30.4. The molecular weight excluding hydrogens is 550 g/mol. The van der Waals surface area contributed by atoms with Crippen molar-refractivity contribution < 1.29 is 23.8 Å². The Morgan fingerprint density at radius 1 is 1.09 bits per heavy atom. The zero-order valence-electron chi connectivity index (χ0n) is 25.8. The minimum absolute atomic E-state index is 0.145. The Labute approximate surface area is 252 Å². The summed E-state index contributed by atoms with van der Waals surface area (Å²) in [5.74, 6) is 0.311. The molecule has 0 atom stereocenters. The number of nitrogens with two attached hydrogens (primary N) is 2. The van der Waals surface area contributed by atoms with Crippen LogP contribution in [0.1, 0.15) is 75.0 Å². The summed E-state index contributed by atoms with van der Waals surface area (Å²) >= 11 is 0. The van der Waals surface area contributed by atoms with Crippen molar-refractivity contribution in [3.8, 4) is 11.8 Å². The molecule has 43 heavy (non-hydrogen) atoms. The van der Waals surface area contributed by atoms with Gasteiger partial charge in [0.25, 0.3) is 5.91 Å². The number of piperazine rings is 1. The standard InChI is InChI=1S/C31H43N7O5/c1-6-7-14-42-28-34-25(32)22-16-23(26(33)39)37(27(22)35-28)18-21-9-8-20(15-24(21)41-5)17-36-12-13-38(31(19-36)10-11-31)29(40)43-30(2,3)4/h8-9,15-16H,6-7,10-14,17-19H2,1-5H3,(H2,33,39)(H2,32,34,35). The van der Waals surface area contributed by atoms with E-state index in [1.165, 1.54) is 0 Å². The fourth-order valence-electron chi connectivity index (χ4n) is 5.68. The number of nitrogens with zero attached hydrogens (tertiary/aromatic N) is 5. The van der Waals surface area contributed by atoms with Gasteiger partial charge in [-0.3, -0.25) is 14.6 Å². The minimum atomic E-state index is -0.596. The highest BCUT2D eigenvalue weighted by molar-refractivity contribution is 5.99. The van der Waals surface area contributed by atoms with Gasteiger partial charge < -0.3 is 30.2 Å². The first-order valence-corrected chi connectivity index (χ1v) is 14.9. The van der Waals surface area contributed by atoms with E-state index in [1.807, 2.05) is 37.8 Å². The molecule has 0 bridgehead atoms. The Hall–Kier alpha value is -4.06. The molecule has 5 rings (SSSR count). The second-order valence-corrected chi connectivity index (χ2v) is 12.5. The van der Waals surface area contributed by atoms with Gasteiger partial charge in [0.2, 0.25) is 0 Å². The summed E-state index contributed by atoms with van der Waals surface area (Å²) in [5, 5.41) is 0.534. The predicted molar refractivity (Wildman–Crippen MR) is 163 cm³/mol. The van der Waals surface area contributed by atoms with Crippen LogP contribution in [0.4, 0.5) is 10.6 Å². The SMILES string of the molecule is CCCCOc1nc(N)c2cc(C(N)=O)n(Cc3ccc(CN4CCN(C(=O)OC(C)(C)C)C5(CC5)C4)cc3OC)c2n1. The summed E-state index contributed by atoms with van der Waals surface area (Å²) < 4.78 is 18.9. The van der Waals surface area contributed by atoms with E-state index in [-0.39, 0.29) is 35.7 Å². The molecule has 1 aromatic carbocycles. The number of aromatic nitrogens is 3. The lowest BCUT2D eigenvalue weighted by molar-refractivity contribution is -0.00809. The summed E-state index contributed by atoms with van der Waals surface area (Å²) in [4.78, 5) is 38.4. The maximum atomic E-state index is 12.8. The Bertz CT molecular complexity index is 1510. The molecule has 232 valence electrons. The molecule has 12 nitrogen and oxygen atoms in total. The van der Waals surface area contributed by atoms with Gasteiger partial charge in [0.15, 0.2) is 0 Å². The summed E-state index contributed by atoms with van der Waals surface area (Å²) in [6.07, 6.45) is 3.57. The molecule has 1 saturated carbocycles. The fourth-order valence-corrected chi connectivity index (χ4v) is 5.68. The highest BCUT2D eigenvalue weighted by Gasteiger charge is 2.54. The maximum absolute atomic E-state index is 12.8. The number of benzene rings is 1. The van der Waals surface area contributed by atoms with E-state index in [1.54, 1.807) is 17.7 Å². The number of methoxy groups -OCH3 is 1. The van der Waals surface area contributed by atoms with Crippen molar-refractivity contribution in [1.82, 2.24) is 24.3 Å². The van der Waals surface area contributed by atoms with Crippen molar-refractivity contribution >= 4 is 28.9 Å². The van der Waals surface area contributed by atoms with E-state index in [4.69, 9.17) is 25.7 Å². The van der Waals surface area contributed by atoms with Crippen molar-refractivity contribution in [2.75, 3.05) is 39.1 Å². The highest BCUT2D eigenvalue weighted by atomic mass is 16.6. The largest absolute Gasteiger partial charge is 0.496 e. The summed E-state index contributed by atoms with van der Waals surface area (Å²) in [6.45, 7) is 11.4. The number of nitrogen functional groups attached to an aromatic ring is 1. The zero-order valence-corrected chi connectivity index (χ0v) is 25.8. The quantitative estimate of drug-likeness (QED) is 0.333. The molecule has 1 aliphatic carbocycles. The zero-order chi connectivity index (χ0) is 30.9. The molecule has 2 fully saturated rings. The number of amides is 2. The number of carbonyl (C=O) groups is 2. The van der Waals surface area contributed by atoms with Crippen LogP contribution in [0.25, 0.3) is 11.0 Å². The number of unbranched alkanes of at least 4 members (excludes halogenated alkanes) is 1. The van der Waals surface area contributed by atoms with Crippen LogP contribution in [0.2, 0.25) is 0 Å². The number of fused-ring (bicyclic) bond motifs is 1. The first-order chi connectivity index (χ1) is 20.4. The average molecular weight is 594 g/mol. The molecule has 0 unspecified atom stereocenters. The van der Waals surface area contributed by atoms with Gasteiger partial charge in [-0.2, -0.15) is 9.97 Å². The van der Waals surface area contributed by atoms with Gasteiger partial charge in [-0.05, 0) is 57.7 Å². The van der Waals surface area contributed by atoms with Gasteiger partial charge in [-0.15, -0.1) is 0 Å². The lowest BCUT2D eigenvalue weighted by atomic mass is 10.1. The van der Waals surface area contributed by atoms with E-state index >= 15 is 0 Å². The number of carbonyl (C=O) groups excluding carboxylic acids is 2. The third-order valence-electron chi connectivity index (χ3n) is 8.00. The molecular formula is C31H43N7O5. The number of anilines is 1. The smallest absolute Gasteiger partial charge is 0.410 e. The third-order valence-corrected chi connectivity index (χ3v) is 8.00.